The van der Waals surface area contributed by atoms with Gasteiger partial charge in [0.1, 0.15) is 46.0 Å². The lowest BCUT2D eigenvalue weighted by Crippen LogP contribution is -1.88. The van der Waals surface area contributed by atoms with E-state index in [4.69, 9.17) is 41.9 Å². The zero-order chi connectivity index (χ0) is 40.1. The minimum Gasteiger partial charge on any atom is -0.457 e. The Bertz CT molecular complexity index is 2410. The molecule has 0 radical (unpaired) electrons. The molecule has 10 heteroatoms. The van der Waals surface area contributed by atoms with Crippen LogP contribution in [0.3, 0.4) is 0 Å². The maximum absolute atomic E-state index is 5.92. The maximum atomic E-state index is 5.92. The molecule has 0 saturated carbocycles. The molecule has 0 amide bonds. The zero-order valence-electron chi connectivity index (χ0n) is 31.2. The molecule has 58 heavy (non-hydrogen) atoms. The quantitative estimate of drug-likeness (QED) is 0.0882. The molecule has 0 aliphatic heterocycles. The van der Waals surface area contributed by atoms with Crippen LogP contribution in [0, 0.1) is 0 Å². The fourth-order valence-corrected chi connectivity index (χ4v) is 7.28. The summed E-state index contributed by atoms with van der Waals surface area (Å²) in [5.41, 5.74) is 25.8. The van der Waals surface area contributed by atoms with Crippen LogP contribution in [0.2, 0.25) is 0 Å². The Kier molecular flexibility index (Phi) is 12.9. The van der Waals surface area contributed by atoms with E-state index in [0.29, 0.717) is 34.2 Å². The van der Waals surface area contributed by atoms with Crippen LogP contribution >= 0.6 is 23.5 Å². The Morgan fingerprint density at radius 2 is 0.500 bits per heavy atom. The van der Waals surface area contributed by atoms with Crippen molar-refractivity contribution in [2.45, 2.75) is 19.6 Å². The average Bonchev–Trinajstić information content (AvgIpc) is 3.21. The number of nitrogens with two attached hydrogens (primary N) is 4. The number of nitrogen functional groups attached to an aromatic ring is 4. The summed E-state index contributed by atoms with van der Waals surface area (Å²) in [6, 6.07) is 61.3. The minimum atomic E-state index is 0.671. The van der Waals surface area contributed by atoms with Crippen molar-refractivity contribution in [3.05, 3.63) is 194 Å². The Morgan fingerprint density at radius 1 is 0.241 bits per heavy atom. The predicted octanol–water partition coefficient (Wildman–Crippen LogP) is 13.2. The largest absolute Gasteiger partial charge is 0.457 e. The predicted molar refractivity (Wildman–Crippen MR) is 238 cm³/mol. The SMILES string of the molecule is Nc1ccc(Oc2cccc(Sc3cccc(Oc4ccc(N)cc4)c3)c2)cc1.Nc1cccc(Oc2cccc(Sc3cccc(Oc4cccc(N)c4)c3)c2)c1. The number of anilines is 4. The van der Waals surface area contributed by atoms with Gasteiger partial charge in [-0.15, -0.1) is 0 Å². The number of hydrogen-bond donors (Lipinski definition) is 4. The molecule has 8 aromatic carbocycles. The molecule has 8 rings (SSSR count). The third kappa shape index (κ3) is 11.9. The van der Waals surface area contributed by atoms with Crippen LogP contribution < -0.4 is 41.9 Å². The highest BCUT2D eigenvalue weighted by atomic mass is 32.2. The van der Waals surface area contributed by atoms with Crippen molar-refractivity contribution in [1.29, 1.82) is 0 Å². The summed E-state index contributed by atoms with van der Waals surface area (Å²) in [5.74, 6) is 5.98. The fraction of sp³-hybridized carbons (Fsp3) is 0. The van der Waals surface area contributed by atoms with E-state index < -0.39 is 0 Å². The van der Waals surface area contributed by atoms with Crippen LogP contribution in [-0.2, 0) is 0 Å². The Hall–Kier alpha value is -7.14. The number of hydrogen-bond acceptors (Lipinski definition) is 10. The molecule has 288 valence electrons. The van der Waals surface area contributed by atoms with Crippen LogP contribution in [0.25, 0.3) is 0 Å². The lowest BCUT2D eigenvalue weighted by atomic mass is 10.3. The van der Waals surface area contributed by atoms with E-state index in [-0.39, 0.29) is 0 Å². The molecule has 0 spiro atoms. The van der Waals surface area contributed by atoms with E-state index in [1.807, 2.05) is 182 Å². The molecule has 8 N–H and O–H groups in total. The fourth-order valence-electron chi connectivity index (χ4n) is 5.45. The standard InChI is InChI=1S/2C24H20N2O2S/c25-17-5-1-7-19(13-17)27-21-9-3-11-23(15-21)29-24-12-4-10-22(16-24)28-20-8-2-6-18(26)14-20;25-17-7-11-19(12-8-17)27-21-3-1-5-23(15-21)29-24-6-2-4-22(16-24)28-20-13-9-18(26)10-14-20/h2*1-16H,25-26H2. The van der Waals surface area contributed by atoms with Gasteiger partial charge in [0.05, 0.1) is 0 Å². The van der Waals surface area contributed by atoms with Crippen molar-refractivity contribution in [2.24, 2.45) is 0 Å². The highest BCUT2D eigenvalue weighted by molar-refractivity contribution is 7.99. The molecular formula is C48H40N4O4S2. The molecule has 0 atom stereocenters. The highest BCUT2D eigenvalue weighted by Gasteiger charge is 2.07. The van der Waals surface area contributed by atoms with Crippen molar-refractivity contribution in [2.75, 3.05) is 22.9 Å². The first-order valence-electron chi connectivity index (χ1n) is 18.2. The van der Waals surface area contributed by atoms with Gasteiger partial charge in [-0.2, -0.15) is 0 Å². The highest BCUT2D eigenvalue weighted by Crippen LogP contribution is 2.36. The lowest BCUT2D eigenvalue weighted by molar-refractivity contribution is 0.481. The van der Waals surface area contributed by atoms with Gasteiger partial charge in [0, 0.05) is 54.5 Å². The normalized spacial score (nSPS) is 10.5. The van der Waals surface area contributed by atoms with Crippen molar-refractivity contribution in [1.82, 2.24) is 0 Å². The third-order valence-electron chi connectivity index (χ3n) is 8.11. The van der Waals surface area contributed by atoms with Crippen molar-refractivity contribution < 1.29 is 18.9 Å². The van der Waals surface area contributed by atoms with Crippen LogP contribution in [0.1, 0.15) is 0 Å². The zero-order valence-corrected chi connectivity index (χ0v) is 32.9. The van der Waals surface area contributed by atoms with Crippen molar-refractivity contribution in [3.63, 3.8) is 0 Å². The van der Waals surface area contributed by atoms with E-state index in [1.165, 1.54) is 0 Å². The van der Waals surface area contributed by atoms with Crippen LogP contribution in [0.5, 0.6) is 46.0 Å². The summed E-state index contributed by atoms with van der Waals surface area (Å²) in [7, 11) is 0. The maximum Gasteiger partial charge on any atom is 0.129 e. The Labute approximate surface area is 346 Å². The summed E-state index contributed by atoms with van der Waals surface area (Å²) in [6.45, 7) is 0. The van der Waals surface area contributed by atoms with E-state index in [0.717, 1.165) is 54.1 Å². The second-order valence-electron chi connectivity index (χ2n) is 12.8. The number of benzene rings is 8. The Balaban J connectivity index is 0.000000177. The topological polar surface area (TPSA) is 141 Å². The van der Waals surface area contributed by atoms with E-state index >= 15 is 0 Å². The molecule has 8 nitrogen and oxygen atoms in total. The van der Waals surface area contributed by atoms with E-state index in [1.54, 1.807) is 35.7 Å². The molecule has 0 fully saturated rings. The van der Waals surface area contributed by atoms with Crippen LogP contribution in [0.4, 0.5) is 22.7 Å². The molecule has 0 unspecified atom stereocenters. The first-order valence-corrected chi connectivity index (χ1v) is 19.8. The summed E-state index contributed by atoms with van der Waals surface area (Å²) >= 11 is 3.28. The van der Waals surface area contributed by atoms with Gasteiger partial charge >= 0.3 is 0 Å². The van der Waals surface area contributed by atoms with Gasteiger partial charge in [-0.25, -0.2) is 0 Å². The van der Waals surface area contributed by atoms with Gasteiger partial charge in [-0.3, -0.25) is 0 Å². The lowest BCUT2D eigenvalue weighted by Gasteiger charge is -2.10. The van der Waals surface area contributed by atoms with E-state index in [9.17, 15) is 0 Å². The van der Waals surface area contributed by atoms with Gasteiger partial charge in [0.25, 0.3) is 0 Å². The monoisotopic (exact) mass is 800 g/mol. The summed E-state index contributed by atoms with van der Waals surface area (Å²) < 4.78 is 23.7. The number of rotatable bonds is 12. The second-order valence-corrected chi connectivity index (χ2v) is 15.1. The third-order valence-corrected chi connectivity index (χ3v) is 10.1. The molecule has 0 heterocycles. The molecule has 0 aliphatic carbocycles. The van der Waals surface area contributed by atoms with Crippen LogP contribution in [0.15, 0.2) is 214 Å². The summed E-state index contributed by atoms with van der Waals surface area (Å²) in [4.78, 5) is 4.27. The molecular weight excluding hydrogens is 761 g/mol. The molecule has 8 aromatic rings. The summed E-state index contributed by atoms with van der Waals surface area (Å²) in [6.07, 6.45) is 0. The van der Waals surface area contributed by atoms with Gasteiger partial charge in [-0.05, 0) is 146 Å². The van der Waals surface area contributed by atoms with E-state index in [2.05, 4.69) is 0 Å². The van der Waals surface area contributed by atoms with Gasteiger partial charge in [0.15, 0.2) is 0 Å². The average molecular weight is 801 g/mol. The van der Waals surface area contributed by atoms with Gasteiger partial charge in [0.2, 0.25) is 0 Å². The summed E-state index contributed by atoms with van der Waals surface area (Å²) in [5, 5.41) is 0. The smallest absolute Gasteiger partial charge is 0.129 e. The second kappa shape index (κ2) is 19.1. The molecule has 0 bridgehead atoms. The molecule has 0 aliphatic rings. The molecule has 0 saturated heterocycles. The number of ether oxygens (including phenoxy) is 4. The van der Waals surface area contributed by atoms with Gasteiger partial charge < -0.3 is 41.9 Å². The molecule has 0 aromatic heterocycles. The van der Waals surface area contributed by atoms with Crippen molar-refractivity contribution >= 4 is 46.3 Å². The van der Waals surface area contributed by atoms with Crippen LogP contribution in [-0.4, -0.2) is 0 Å². The van der Waals surface area contributed by atoms with Gasteiger partial charge in [-0.1, -0.05) is 59.9 Å². The Morgan fingerprint density at radius 3 is 0.793 bits per heavy atom. The first kappa shape index (κ1) is 39.1. The first-order chi connectivity index (χ1) is 28.3. The van der Waals surface area contributed by atoms with Crippen molar-refractivity contribution in [3.8, 4) is 46.0 Å². The minimum absolute atomic E-state index is 0.671.